The van der Waals surface area contributed by atoms with Gasteiger partial charge < -0.3 is 0 Å². The highest BCUT2D eigenvalue weighted by Crippen LogP contribution is 2.31. The molecule has 0 N–H and O–H groups in total. The zero-order valence-corrected chi connectivity index (χ0v) is 10.9. The summed E-state index contributed by atoms with van der Waals surface area (Å²) >= 11 is 0. The van der Waals surface area contributed by atoms with Crippen molar-refractivity contribution in [3.8, 4) is 0 Å². The first kappa shape index (κ1) is 10.6. The fourth-order valence-electron chi connectivity index (χ4n) is 2.29. The Kier molecular flexibility index (Phi) is 2.74. The van der Waals surface area contributed by atoms with Gasteiger partial charge in [-0.1, -0.05) is 48.5 Å². The number of rotatable bonds is 2. The van der Waals surface area contributed by atoms with Gasteiger partial charge in [-0.3, -0.25) is 0 Å². The van der Waals surface area contributed by atoms with Gasteiger partial charge in [-0.25, -0.2) is 0 Å². The predicted octanol–water partition coefficient (Wildman–Crippen LogP) is 4.77. The first-order chi connectivity index (χ1) is 8.34. The molecule has 0 saturated carbocycles. The molecule has 0 spiro atoms. The molecule has 0 nitrogen and oxygen atoms in total. The summed E-state index contributed by atoms with van der Waals surface area (Å²) in [7, 11) is 0.851. The van der Waals surface area contributed by atoms with Crippen LogP contribution >= 0.6 is 8.19 Å². The van der Waals surface area contributed by atoms with E-state index in [2.05, 4.69) is 61.3 Å². The van der Waals surface area contributed by atoms with E-state index in [-0.39, 0.29) is 0 Å². The third-order valence-electron chi connectivity index (χ3n) is 3.32. The fraction of sp³-hybridized carbons (Fsp3) is 0.125. The third-order valence-corrected chi connectivity index (χ3v) is 4.57. The van der Waals surface area contributed by atoms with Crippen LogP contribution in [0.2, 0.25) is 0 Å². The summed E-state index contributed by atoms with van der Waals surface area (Å²) < 4.78 is 0. The summed E-state index contributed by atoms with van der Waals surface area (Å²) in [6.07, 6.45) is 1.10. The molecule has 0 amide bonds. The second kappa shape index (κ2) is 4.39. The van der Waals surface area contributed by atoms with E-state index in [4.69, 9.17) is 0 Å². The molecule has 0 fully saturated rings. The van der Waals surface area contributed by atoms with Crippen molar-refractivity contribution in [1.29, 1.82) is 0 Å². The Bertz CT molecular complexity index is 649. The predicted molar refractivity (Wildman–Crippen MR) is 77.4 cm³/mol. The average molecular weight is 238 g/mol. The molecule has 1 heterocycles. The van der Waals surface area contributed by atoms with Crippen LogP contribution in [0.5, 0.6) is 0 Å². The number of aryl methyl sites for hydroxylation is 1. The smallest absolute Gasteiger partial charge is 0.00181 e. The van der Waals surface area contributed by atoms with Gasteiger partial charge in [0.15, 0.2) is 0 Å². The van der Waals surface area contributed by atoms with Crippen molar-refractivity contribution in [1.82, 2.24) is 0 Å². The molecule has 0 aliphatic rings. The van der Waals surface area contributed by atoms with Crippen LogP contribution in [-0.4, -0.2) is 0 Å². The maximum Gasteiger partial charge on any atom is 0.00181 e. The van der Waals surface area contributed by atoms with E-state index in [1.807, 2.05) is 0 Å². The molecule has 0 aliphatic heterocycles. The molecule has 0 saturated heterocycles. The molecule has 2 aromatic carbocycles. The van der Waals surface area contributed by atoms with Gasteiger partial charge >= 0.3 is 0 Å². The lowest BCUT2D eigenvalue weighted by Gasteiger charge is -2.04. The molecule has 3 rings (SSSR count). The standard InChI is InChI=1S/C16H15P/c1-12-6-2-3-7-13(12)10-16-15-9-5-4-8-14(15)11-17-16/h2-9,11,17H,10H2,1H3. The van der Waals surface area contributed by atoms with Crippen molar-refractivity contribution >= 4 is 19.0 Å². The van der Waals surface area contributed by atoms with Crippen molar-refractivity contribution in [2.24, 2.45) is 0 Å². The number of benzene rings is 2. The van der Waals surface area contributed by atoms with E-state index in [0.29, 0.717) is 0 Å². The lowest BCUT2D eigenvalue weighted by atomic mass is 10.0. The van der Waals surface area contributed by atoms with Gasteiger partial charge in [-0.2, -0.15) is 0 Å². The highest BCUT2D eigenvalue weighted by molar-refractivity contribution is 7.31. The molecule has 3 aromatic rings. The first-order valence-electron chi connectivity index (χ1n) is 5.94. The number of hydrogen-bond acceptors (Lipinski definition) is 0. The van der Waals surface area contributed by atoms with E-state index in [0.717, 1.165) is 14.6 Å². The molecule has 0 aliphatic carbocycles. The van der Waals surface area contributed by atoms with E-state index in [9.17, 15) is 0 Å². The molecule has 84 valence electrons. The van der Waals surface area contributed by atoms with Crippen molar-refractivity contribution in [3.05, 3.63) is 70.8 Å². The summed E-state index contributed by atoms with van der Waals surface area (Å²) in [6.45, 7) is 2.20. The molecule has 1 heteroatoms. The summed E-state index contributed by atoms with van der Waals surface area (Å²) in [5.41, 5.74) is 2.86. The van der Waals surface area contributed by atoms with Crippen LogP contribution < -0.4 is 0 Å². The molecule has 1 aromatic heterocycles. The zero-order valence-electron chi connectivity index (χ0n) is 9.90. The maximum absolute atomic E-state index is 2.36. The van der Waals surface area contributed by atoms with Crippen LogP contribution in [0.1, 0.15) is 16.4 Å². The van der Waals surface area contributed by atoms with Gasteiger partial charge in [0.05, 0.1) is 0 Å². The second-order valence-corrected chi connectivity index (χ2v) is 5.64. The van der Waals surface area contributed by atoms with Crippen molar-refractivity contribution < 1.29 is 0 Å². The molecular weight excluding hydrogens is 223 g/mol. The highest BCUT2D eigenvalue weighted by atomic mass is 31.0. The van der Waals surface area contributed by atoms with Crippen LogP contribution in [0.25, 0.3) is 10.8 Å². The lowest BCUT2D eigenvalue weighted by molar-refractivity contribution is 1.20. The van der Waals surface area contributed by atoms with E-state index in [1.165, 1.54) is 21.9 Å². The van der Waals surface area contributed by atoms with Crippen LogP contribution in [0.3, 0.4) is 0 Å². The Hall–Kier alpha value is -1.52. The van der Waals surface area contributed by atoms with Gasteiger partial charge in [0, 0.05) is 6.42 Å². The summed E-state index contributed by atoms with van der Waals surface area (Å²) in [6, 6.07) is 17.4. The van der Waals surface area contributed by atoms with E-state index < -0.39 is 0 Å². The molecule has 1 unspecified atom stereocenters. The molecule has 0 radical (unpaired) electrons. The van der Waals surface area contributed by atoms with Crippen LogP contribution in [0.4, 0.5) is 0 Å². The second-order valence-electron chi connectivity index (χ2n) is 4.46. The lowest BCUT2D eigenvalue weighted by Crippen LogP contribution is -1.88. The maximum atomic E-state index is 2.36. The van der Waals surface area contributed by atoms with Crippen molar-refractivity contribution in [3.63, 3.8) is 0 Å². The van der Waals surface area contributed by atoms with Crippen LogP contribution in [-0.2, 0) is 6.42 Å². The molecule has 17 heavy (non-hydrogen) atoms. The van der Waals surface area contributed by atoms with Crippen LogP contribution in [0, 0.1) is 6.92 Å². The minimum Gasteiger partial charge on any atom is -0.135 e. The number of fused-ring (bicyclic) bond motifs is 1. The minimum atomic E-state index is 0.851. The monoisotopic (exact) mass is 238 g/mol. The van der Waals surface area contributed by atoms with Crippen molar-refractivity contribution in [2.75, 3.05) is 0 Å². The Morgan fingerprint density at radius 1 is 0.941 bits per heavy atom. The van der Waals surface area contributed by atoms with Gasteiger partial charge in [-0.05, 0) is 39.9 Å². The highest BCUT2D eigenvalue weighted by Gasteiger charge is 2.04. The van der Waals surface area contributed by atoms with Gasteiger partial charge in [-0.15, -0.1) is 8.19 Å². The normalized spacial score (nSPS) is 11.4. The first-order valence-corrected chi connectivity index (χ1v) is 7.02. The Morgan fingerprint density at radius 3 is 2.59 bits per heavy atom. The Balaban J connectivity index is 2.03. The quantitative estimate of drug-likeness (QED) is 0.603. The Morgan fingerprint density at radius 2 is 1.71 bits per heavy atom. The van der Waals surface area contributed by atoms with Gasteiger partial charge in [0.2, 0.25) is 0 Å². The summed E-state index contributed by atoms with van der Waals surface area (Å²) in [4.78, 5) is 0. The van der Waals surface area contributed by atoms with Gasteiger partial charge in [0.25, 0.3) is 0 Å². The van der Waals surface area contributed by atoms with E-state index >= 15 is 0 Å². The van der Waals surface area contributed by atoms with Gasteiger partial charge in [0.1, 0.15) is 0 Å². The summed E-state index contributed by atoms with van der Waals surface area (Å²) in [5.74, 6) is 2.36. The summed E-state index contributed by atoms with van der Waals surface area (Å²) in [5, 5.41) is 4.44. The molecular formula is C16H15P. The van der Waals surface area contributed by atoms with Crippen LogP contribution in [0.15, 0.2) is 54.3 Å². The number of hydrogen-bond donors (Lipinski definition) is 0. The van der Waals surface area contributed by atoms with Crippen molar-refractivity contribution in [2.45, 2.75) is 13.3 Å². The Labute approximate surface area is 103 Å². The SMILES string of the molecule is Cc1ccccc1Cc1[pH]cc2ccccc12. The molecule has 1 atom stereocenters. The minimum absolute atomic E-state index is 0.851. The largest absolute Gasteiger partial charge is 0.135 e. The zero-order chi connectivity index (χ0) is 11.7. The average Bonchev–Trinajstić information content (AvgIpc) is 2.76. The topological polar surface area (TPSA) is 0 Å². The third kappa shape index (κ3) is 2.01. The van der Waals surface area contributed by atoms with E-state index in [1.54, 1.807) is 5.30 Å². The fourth-order valence-corrected chi connectivity index (χ4v) is 3.54. The molecule has 0 bridgehead atoms.